The highest BCUT2D eigenvalue weighted by Gasteiger charge is 2.11. The Balaban J connectivity index is 0.00000392. The minimum Gasteiger partial charge on any atom is -0.387 e. The molecule has 2 rings (SSSR count). The number of aliphatic hydroxyl groups is 1. The highest BCUT2D eigenvalue weighted by atomic mass is 127. The van der Waals surface area contributed by atoms with Crippen LogP contribution in [0.25, 0.3) is 0 Å². The van der Waals surface area contributed by atoms with E-state index in [4.69, 9.17) is 28.5 Å². The first-order valence-corrected chi connectivity index (χ1v) is 9.03. The number of rotatable bonds is 6. The molecule has 0 radical (unpaired) electrons. The van der Waals surface area contributed by atoms with Crippen molar-refractivity contribution >= 4 is 53.1 Å². The zero-order valence-corrected chi connectivity index (χ0v) is 18.9. The van der Waals surface area contributed by atoms with Gasteiger partial charge in [0.2, 0.25) is 0 Å². The normalized spacial score (nSPS) is 11.9. The second kappa shape index (κ2) is 12.1. The summed E-state index contributed by atoms with van der Waals surface area (Å²) < 4.78 is 13.9. The van der Waals surface area contributed by atoms with Crippen molar-refractivity contribution in [2.45, 2.75) is 19.6 Å². The molecule has 0 aliphatic heterocycles. The van der Waals surface area contributed by atoms with Crippen molar-refractivity contribution in [1.82, 2.24) is 10.6 Å². The van der Waals surface area contributed by atoms with Crippen LogP contribution >= 0.6 is 47.2 Å². The first-order valence-electron chi connectivity index (χ1n) is 8.27. The van der Waals surface area contributed by atoms with Gasteiger partial charge >= 0.3 is 0 Å². The van der Waals surface area contributed by atoms with E-state index in [1.807, 2.05) is 13.0 Å². The van der Waals surface area contributed by atoms with E-state index < -0.39 is 11.9 Å². The van der Waals surface area contributed by atoms with Gasteiger partial charge in [-0.05, 0) is 48.9 Å². The van der Waals surface area contributed by atoms with Crippen molar-refractivity contribution < 1.29 is 9.50 Å². The van der Waals surface area contributed by atoms with Gasteiger partial charge < -0.3 is 15.7 Å². The molecule has 0 aliphatic carbocycles. The summed E-state index contributed by atoms with van der Waals surface area (Å²) in [7, 11) is 0. The molecule has 0 fully saturated rings. The van der Waals surface area contributed by atoms with E-state index in [1.165, 1.54) is 18.2 Å². The molecule has 150 valence electrons. The van der Waals surface area contributed by atoms with Crippen LogP contribution in [-0.2, 0) is 6.54 Å². The van der Waals surface area contributed by atoms with Gasteiger partial charge in [-0.25, -0.2) is 9.38 Å². The number of halogens is 4. The summed E-state index contributed by atoms with van der Waals surface area (Å²) in [6, 6.07) is 10.9. The molecule has 1 atom stereocenters. The molecule has 0 saturated heterocycles. The van der Waals surface area contributed by atoms with Crippen molar-refractivity contribution in [3.05, 3.63) is 69.0 Å². The van der Waals surface area contributed by atoms with Crippen LogP contribution in [-0.4, -0.2) is 24.2 Å². The predicted molar refractivity (Wildman–Crippen MR) is 121 cm³/mol. The standard InChI is InChI=1S/C19H19Cl2FN4O.HI/c1-2-24-19(25-10-14-5-12(9-23)3-4-17(14)22)26-11-18(27)13-6-15(20)8-16(21)7-13;/h3-8,18,27H,2,10-11H2,1H3,(H2,24,25,26);1H. The zero-order chi connectivity index (χ0) is 19.8. The topological polar surface area (TPSA) is 80.4 Å². The van der Waals surface area contributed by atoms with E-state index in [0.29, 0.717) is 39.2 Å². The summed E-state index contributed by atoms with van der Waals surface area (Å²) in [6.45, 7) is 2.69. The summed E-state index contributed by atoms with van der Waals surface area (Å²) in [5.41, 5.74) is 1.25. The van der Waals surface area contributed by atoms with Gasteiger partial charge in [0.1, 0.15) is 5.82 Å². The van der Waals surface area contributed by atoms with Gasteiger partial charge in [-0.15, -0.1) is 24.0 Å². The lowest BCUT2D eigenvalue weighted by Gasteiger charge is -2.16. The van der Waals surface area contributed by atoms with Crippen molar-refractivity contribution in [1.29, 1.82) is 5.26 Å². The highest BCUT2D eigenvalue weighted by Crippen LogP contribution is 2.23. The number of nitrogens with one attached hydrogen (secondary N) is 2. The first-order chi connectivity index (χ1) is 12.9. The SMILES string of the molecule is CCNC(=NCc1cc(C#N)ccc1F)NCC(O)c1cc(Cl)cc(Cl)c1.I. The number of aliphatic hydroxyl groups excluding tert-OH is 1. The van der Waals surface area contributed by atoms with Gasteiger partial charge in [-0.2, -0.15) is 5.26 Å². The Labute approximate surface area is 190 Å². The van der Waals surface area contributed by atoms with Crippen LogP contribution in [0, 0.1) is 17.1 Å². The van der Waals surface area contributed by atoms with E-state index in [2.05, 4.69) is 15.6 Å². The molecule has 28 heavy (non-hydrogen) atoms. The minimum atomic E-state index is -0.858. The molecule has 0 aliphatic rings. The van der Waals surface area contributed by atoms with Crippen molar-refractivity contribution in [3.8, 4) is 6.07 Å². The summed E-state index contributed by atoms with van der Waals surface area (Å²) >= 11 is 11.9. The van der Waals surface area contributed by atoms with Crippen LogP contribution in [0.1, 0.15) is 29.7 Å². The predicted octanol–water partition coefficient (Wildman–Crippen LogP) is 4.41. The molecule has 2 aromatic carbocycles. The number of benzene rings is 2. The molecule has 3 N–H and O–H groups in total. The third kappa shape index (κ3) is 7.43. The lowest BCUT2D eigenvalue weighted by Crippen LogP contribution is -2.39. The molecule has 0 aromatic heterocycles. The number of guanidine groups is 1. The van der Waals surface area contributed by atoms with Crippen LogP contribution in [0.4, 0.5) is 4.39 Å². The number of nitriles is 1. The van der Waals surface area contributed by atoms with Crippen molar-refractivity contribution in [2.24, 2.45) is 4.99 Å². The van der Waals surface area contributed by atoms with Gasteiger partial charge in [0.15, 0.2) is 5.96 Å². The molecule has 0 saturated carbocycles. The zero-order valence-electron chi connectivity index (χ0n) is 15.0. The van der Waals surface area contributed by atoms with Gasteiger partial charge in [-0.1, -0.05) is 23.2 Å². The van der Waals surface area contributed by atoms with Gasteiger partial charge in [-0.3, -0.25) is 0 Å². The molecule has 0 spiro atoms. The van der Waals surface area contributed by atoms with E-state index in [-0.39, 0.29) is 37.1 Å². The highest BCUT2D eigenvalue weighted by molar-refractivity contribution is 14.0. The Morgan fingerprint density at radius 3 is 2.50 bits per heavy atom. The van der Waals surface area contributed by atoms with Crippen LogP contribution in [0.2, 0.25) is 10.0 Å². The van der Waals surface area contributed by atoms with Crippen molar-refractivity contribution in [3.63, 3.8) is 0 Å². The smallest absolute Gasteiger partial charge is 0.191 e. The molecule has 0 bridgehead atoms. The van der Waals surface area contributed by atoms with Crippen LogP contribution in [0.5, 0.6) is 0 Å². The molecule has 1 unspecified atom stereocenters. The fourth-order valence-corrected chi connectivity index (χ4v) is 2.89. The number of hydrogen-bond donors (Lipinski definition) is 3. The van der Waals surface area contributed by atoms with Crippen LogP contribution in [0.3, 0.4) is 0 Å². The molecule has 0 heterocycles. The second-order valence-electron chi connectivity index (χ2n) is 5.71. The third-order valence-corrected chi connectivity index (χ3v) is 4.10. The molecule has 5 nitrogen and oxygen atoms in total. The summed E-state index contributed by atoms with van der Waals surface area (Å²) in [4.78, 5) is 4.30. The average molecular weight is 537 g/mol. The number of hydrogen-bond acceptors (Lipinski definition) is 3. The second-order valence-corrected chi connectivity index (χ2v) is 6.59. The Hall–Kier alpha value is -1.60. The lowest BCUT2D eigenvalue weighted by molar-refractivity contribution is 0.181. The Kier molecular flexibility index (Phi) is 10.5. The van der Waals surface area contributed by atoms with Crippen molar-refractivity contribution in [2.75, 3.05) is 13.1 Å². The van der Waals surface area contributed by atoms with Gasteiger partial charge in [0.05, 0.1) is 24.3 Å². The summed E-state index contributed by atoms with van der Waals surface area (Å²) in [5, 5.41) is 26.1. The Bertz CT molecular complexity index is 853. The molecule has 9 heteroatoms. The Morgan fingerprint density at radius 2 is 1.89 bits per heavy atom. The maximum absolute atomic E-state index is 13.9. The fourth-order valence-electron chi connectivity index (χ4n) is 2.35. The van der Waals surface area contributed by atoms with Gasteiger partial charge in [0.25, 0.3) is 0 Å². The largest absolute Gasteiger partial charge is 0.387 e. The lowest BCUT2D eigenvalue weighted by atomic mass is 10.1. The third-order valence-electron chi connectivity index (χ3n) is 3.66. The van der Waals surface area contributed by atoms with Gasteiger partial charge in [0, 0.05) is 28.7 Å². The average Bonchev–Trinajstić information content (AvgIpc) is 2.64. The fraction of sp³-hybridized carbons (Fsp3) is 0.263. The van der Waals surface area contributed by atoms with Crippen LogP contribution < -0.4 is 10.6 Å². The summed E-state index contributed by atoms with van der Waals surface area (Å²) in [5.74, 6) is -0.0198. The maximum atomic E-state index is 13.9. The maximum Gasteiger partial charge on any atom is 0.191 e. The number of aliphatic imine (C=N–C) groups is 1. The van der Waals surface area contributed by atoms with E-state index in [1.54, 1.807) is 18.2 Å². The quantitative estimate of drug-likeness (QED) is 0.290. The van der Waals surface area contributed by atoms with E-state index in [0.717, 1.165) is 0 Å². The summed E-state index contributed by atoms with van der Waals surface area (Å²) in [6.07, 6.45) is -0.858. The molecular weight excluding hydrogens is 517 g/mol. The molecule has 0 amide bonds. The minimum absolute atomic E-state index is 0. The van der Waals surface area contributed by atoms with Crippen LogP contribution in [0.15, 0.2) is 41.4 Å². The monoisotopic (exact) mass is 536 g/mol. The first kappa shape index (κ1) is 24.4. The Morgan fingerprint density at radius 1 is 1.21 bits per heavy atom. The molecule has 2 aromatic rings. The van der Waals surface area contributed by atoms with E-state index in [9.17, 15) is 9.50 Å². The number of nitrogens with zero attached hydrogens (tertiary/aromatic N) is 2. The van der Waals surface area contributed by atoms with E-state index >= 15 is 0 Å². The molecular formula is C19H20Cl2FIN4O.